The van der Waals surface area contributed by atoms with Crippen LogP contribution in [0.25, 0.3) is 0 Å². The first-order chi connectivity index (χ1) is 9.04. The summed E-state index contributed by atoms with van der Waals surface area (Å²) in [5, 5.41) is 10.1. The predicted molar refractivity (Wildman–Crippen MR) is 74.5 cm³/mol. The van der Waals surface area contributed by atoms with Gasteiger partial charge in [0.25, 0.3) is 0 Å². The third-order valence-electron chi connectivity index (χ3n) is 2.52. The maximum absolute atomic E-state index is 11.8. The molecule has 19 heavy (non-hydrogen) atoms. The summed E-state index contributed by atoms with van der Waals surface area (Å²) in [5.74, 6) is 1.07. The van der Waals surface area contributed by atoms with Crippen molar-refractivity contribution in [3.63, 3.8) is 0 Å². The van der Waals surface area contributed by atoms with Crippen LogP contribution in [0.1, 0.15) is 11.3 Å². The summed E-state index contributed by atoms with van der Waals surface area (Å²) in [6.07, 6.45) is 0. The highest BCUT2D eigenvalue weighted by molar-refractivity contribution is 6.30. The van der Waals surface area contributed by atoms with E-state index in [-0.39, 0.29) is 12.5 Å². The van der Waals surface area contributed by atoms with Gasteiger partial charge in [-0.05, 0) is 37.6 Å². The molecule has 6 heteroatoms. The Bertz CT molecular complexity index is 595. The molecule has 0 aliphatic heterocycles. The quantitative estimate of drug-likeness (QED) is 0.903. The molecular formula is C13H14ClN3O2. The first kappa shape index (κ1) is 13.4. The number of aryl methyl sites for hydroxylation is 2. The maximum atomic E-state index is 11.8. The van der Waals surface area contributed by atoms with Crippen LogP contribution >= 0.6 is 11.6 Å². The van der Waals surface area contributed by atoms with Gasteiger partial charge in [-0.15, -0.1) is 0 Å². The third-order valence-corrected chi connectivity index (χ3v) is 2.76. The highest BCUT2D eigenvalue weighted by Gasteiger charge is 2.06. The molecule has 0 aliphatic rings. The van der Waals surface area contributed by atoms with E-state index in [0.717, 1.165) is 11.3 Å². The van der Waals surface area contributed by atoms with Crippen molar-refractivity contribution in [2.75, 3.05) is 17.2 Å². The molecule has 0 fully saturated rings. The molecule has 2 N–H and O–H groups in total. The van der Waals surface area contributed by atoms with E-state index in [0.29, 0.717) is 16.6 Å². The fourth-order valence-corrected chi connectivity index (χ4v) is 1.81. The highest BCUT2D eigenvalue weighted by Crippen LogP contribution is 2.19. The van der Waals surface area contributed by atoms with Gasteiger partial charge in [0.15, 0.2) is 5.82 Å². The molecule has 0 aliphatic carbocycles. The Morgan fingerprint density at radius 3 is 2.79 bits per heavy atom. The van der Waals surface area contributed by atoms with Gasteiger partial charge in [0, 0.05) is 16.8 Å². The topological polar surface area (TPSA) is 67.2 Å². The molecule has 0 spiro atoms. The number of nitrogens with zero attached hydrogens (tertiary/aromatic N) is 1. The Labute approximate surface area is 115 Å². The highest BCUT2D eigenvalue weighted by atomic mass is 35.5. The number of hydrogen-bond acceptors (Lipinski definition) is 4. The molecule has 1 aromatic carbocycles. The second-order valence-corrected chi connectivity index (χ2v) is 4.62. The monoisotopic (exact) mass is 279 g/mol. The van der Waals surface area contributed by atoms with Crippen molar-refractivity contribution in [3.8, 4) is 0 Å². The number of carbonyl (C=O) groups is 1. The molecule has 1 aromatic heterocycles. The van der Waals surface area contributed by atoms with Crippen LogP contribution in [-0.2, 0) is 4.79 Å². The van der Waals surface area contributed by atoms with Crippen LogP contribution in [0.5, 0.6) is 0 Å². The molecule has 0 saturated carbocycles. The van der Waals surface area contributed by atoms with Crippen LogP contribution in [0, 0.1) is 13.8 Å². The average molecular weight is 280 g/mol. The molecule has 0 saturated heterocycles. The van der Waals surface area contributed by atoms with Gasteiger partial charge >= 0.3 is 0 Å². The first-order valence-corrected chi connectivity index (χ1v) is 6.15. The lowest BCUT2D eigenvalue weighted by Gasteiger charge is -2.08. The van der Waals surface area contributed by atoms with Gasteiger partial charge in [-0.1, -0.05) is 16.8 Å². The van der Waals surface area contributed by atoms with Crippen molar-refractivity contribution >= 4 is 29.0 Å². The van der Waals surface area contributed by atoms with Gasteiger partial charge < -0.3 is 15.2 Å². The molecular weight excluding hydrogens is 266 g/mol. The zero-order valence-corrected chi connectivity index (χ0v) is 11.4. The lowest BCUT2D eigenvalue weighted by molar-refractivity contribution is -0.114. The largest absolute Gasteiger partial charge is 0.360 e. The summed E-state index contributed by atoms with van der Waals surface area (Å²) in [5.41, 5.74) is 1.66. The summed E-state index contributed by atoms with van der Waals surface area (Å²) in [6.45, 7) is 3.79. The summed E-state index contributed by atoms with van der Waals surface area (Å²) < 4.78 is 4.89. The van der Waals surface area contributed by atoms with E-state index in [1.54, 1.807) is 31.2 Å². The van der Waals surface area contributed by atoms with E-state index in [1.165, 1.54) is 0 Å². The Hall–Kier alpha value is -2.01. The summed E-state index contributed by atoms with van der Waals surface area (Å²) >= 11 is 5.85. The number of rotatable bonds is 4. The van der Waals surface area contributed by atoms with Gasteiger partial charge in [0.2, 0.25) is 5.91 Å². The van der Waals surface area contributed by atoms with Gasteiger partial charge in [-0.2, -0.15) is 0 Å². The number of hydrogen-bond donors (Lipinski definition) is 2. The van der Waals surface area contributed by atoms with Crippen LogP contribution in [0.15, 0.2) is 28.8 Å². The molecule has 100 valence electrons. The fourth-order valence-electron chi connectivity index (χ4n) is 1.58. The number of halogens is 1. The van der Waals surface area contributed by atoms with E-state index in [4.69, 9.17) is 16.1 Å². The van der Waals surface area contributed by atoms with Crippen molar-refractivity contribution in [1.29, 1.82) is 0 Å². The SMILES string of the molecule is Cc1cc(NCC(=O)Nc2ccc(Cl)cc2C)no1. The van der Waals surface area contributed by atoms with Crippen molar-refractivity contribution in [1.82, 2.24) is 5.16 Å². The van der Waals surface area contributed by atoms with Crippen LogP contribution in [0.4, 0.5) is 11.5 Å². The van der Waals surface area contributed by atoms with Crippen molar-refractivity contribution in [2.24, 2.45) is 0 Å². The summed E-state index contributed by atoms with van der Waals surface area (Å²) in [6, 6.07) is 7.03. The second-order valence-electron chi connectivity index (χ2n) is 4.18. The smallest absolute Gasteiger partial charge is 0.243 e. The standard InChI is InChI=1S/C13H14ClN3O2/c1-8-5-10(14)3-4-11(8)16-13(18)7-15-12-6-9(2)19-17-12/h3-6H,7H2,1-2H3,(H,15,17)(H,16,18). The molecule has 0 radical (unpaired) electrons. The molecule has 1 heterocycles. The zero-order chi connectivity index (χ0) is 13.8. The number of anilines is 2. The van der Waals surface area contributed by atoms with E-state index >= 15 is 0 Å². The molecule has 1 amide bonds. The van der Waals surface area contributed by atoms with Gasteiger partial charge in [0.1, 0.15) is 5.76 Å². The van der Waals surface area contributed by atoms with Gasteiger partial charge in [0.05, 0.1) is 6.54 Å². The van der Waals surface area contributed by atoms with E-state index in [9.17, 15) is 4.79 Å². The van der Waals surface area contributed by atoms with E-state index < -0.39 is 0 Å². The molecule has 0 bridgehead atoms. The first-order valence-electron chi connectivity index (χ1n) is 5.78. The lowest BCUT2D eigenvalue weighted by Crippen LogP contribution is -2.22. The number of carbonyl (C=O) groups excluding carboxylic acids is 1. The minimum absolute atomic E-state index is 0.119. The fraction of sp³-hybridized carbons (Fsp3) is 0.231. The van der Waals surface area contributed by atoms with E-state index in [2.05, 4.69) is 15.8 Å². The van der Waals surface area contributed by atoms with Crippen molar-refractivity contribution < 1.29 is 9.32 Å². The van der Waals surface area contributed by atoms with E-state index in [1.807, 2.05) is 6.92 Å². The summed E-state index contributed by atoms with van der Waals surface area (Å²) in [7, 11) is 0. The Morgan fingerprint density at radius 2 is 2.16 bits per heavy atom. The molecule has 0 atom stereocenters. The maximum Gasteiger partial charge on any atom is 0.243 e. The molecule has 0 unspecified atom stereocenters. The van der Waals surface area contributed by atoms with Crippen LogP contribution in [0.3, 0.4) is 0 Å². The number of aromatic nitrogens is 1. The average Bonchev–Trinajstić information content (AvgIpc) is 2.76. The Balaban J connectivity index is 1.90. The zero-order valence-electron chi connectivity index (χ0n) is 10.7. The number of nitrogens with one attached hydrogen (secondary N) is 2. The van der Waals surface area contributed by atoms with Crippen LogP contribution in [-0.4, -0.2) is 17.6 Å². The normalized spacial score (nSPS) is 10.3. The van der Waals surface area contributed by atoms with Crippen LogP contribution in [0.2, 0.25) is 5.02 Å². The minimum atomic E-state index is -0.161. The molecule has 5 nitrogen and oxygen atoms in total. The van der Waals surface area contributed by atoms with Crippen molar-refractivity contribution in [2.45, 2.75) is 13.8 Å². The Morgan fingerprint density at radius 1 is 1.37 bits per heavy atom. The van der Waals surface area contributed by atoms with Crippen molar-refractivity contribution in [3.05, 3.63) is 40.6 Å². The van der Waals surface area contributed by atoms with Gasteiger partial charge in [-0.25, -0.2) is 0 Å². The molecule has 2 aromatic rings. The molecule has 2 rings (SSSR count). The predicted octanol–water partition coefficient (Wildman–Crippen LogP) is 3.00. The van der Waals surface area contributed by atoms with Crippen LogP contribution < -0.4 is 10.6 Å². The van der Waals surface area contributed by atoms with Gasteiger partial charge in [-0.3, -0.25) is 4.79 Å². The number of benzene rings is 1. The minimum Gasteiger partial charge on any atom is -0.360 e. The Kier molecular flexibility index (Phi) is 4.06. The summed E-state index contributed by atoms with van der Waals surface area (Å²) in [4.78, 5) is 11.8. The second kappa shape index (κ2) is 5.75. The third kappa shape index (κ3) is 3.72. The number of amides is 1. The lowest BCUT2D eigenvalue weighted by atomic mass is 10.2.